The molecule has 0 aliphatic heterocycles. The minimum Gasteiger partial charge on any atom is -0.392 e. The molecule has 2 rings (SSSR count). The average Bonchev–Trinajstić information content (AvgIpc) is 2.36. The Labute approximate surface area is 110 Å². The van der Waals surface area contributed by atoms with Crippen molar-refractivity contribution in [3.8, 4) is 0 Å². The van der Waals surface area contributed by atoms with Gasteiger partial charge >= 0.3 is 0 Å². The Hall–Kier alpha value is -0.870. The average molecular weight is 298 g/mol. The maximum atomic E-state index is 9.68. The highest BCUT2D eigenvalue weighted by atomic mass is 79.9. The normalized spacial score (nSPS) is 27.1. The minimum absolute atomic E-state index is 0.0629. The van der Waals surface area contributed by atoms with Gasteiger partial charge in [0.15, 0.2) is 0 Å². The highest BCUT2D eigenvalue weighted by molar-refractivity contribution is 9.10. The van der Waals surface area contributed by atoms with E-state index in [9.17, 15) is 5.11 Å². The molecular formula is C13H16BrNO2. The summed E-state index contributed by atoms with van der Waals surface area (Å²) in [5.74, 6) is 0. The van der Waals surface area contributed by atoms with Gasteiger partial charge in [0.05, 0.1) is 16.6 Å². The van der Waals surface area contributed by atoms with E-state index in [-0.39, 0.29) is 10.9 Å². The Morgan fingerprint density at radius 1 is 1.35 bits per heavy atom. The van der Waals surface area contributed by atoms with Crippen molar-refractivity contribution in [2.45, 2.75) is 36.8 Å². The molecule has 0 radical (unpaired) electrons. The van der Waals surface area contributed by atoms with E-state index in [1.807, 2.05) is 30.3 Å². The second kappa shape index (κ2) is 6.17. The molecule has 0 aromatic heterocycles. The summed E-state index contributed by atoms with van der Waals surface area (Å²) in [6.07, 6.45) is 2.34. The molecular weight excluding hydrogens is 282 g/mol. The van der Waals surface area contributed by atoms with Gasteiger partial charge in [0.2, 0.25) is 0 Å². The van der Waals surface area contributed by atoms with Crippen LogP contribution in [0.3, 0.4) is 0 Å². The Morgan fingerprint density at radius 2 is 2.12 bits per heavy atom. The first-order valence-corrected chi connectivity index (χ1v) is 6.73. The van der Waals surface area contributed by atoms with E-state index < -0.39 is 0 Å². The number of alkyl halides is 1. The molecule has 0 amide bonds. The maximum Gasteiger partial charge on any atom is 0.142 e. The first-order chi connectivity index (χ1) is 8.27. The van der Waals surface area contributed by atoms with Crippen molar-refractivity contribution in [3.63, 3.8) is 0 Å². The van der Waals surface area contributed by atoms with Crippen LogP contribution in [0.4, 0.5) is 0 Å². The van der Waals surface area contributed by atoms with Crippen molar-refractivity contribution in [1.82, 2.24) is 0 Å². The number of oxime groups is 1. The maximum absolute atomic E-state index is 9.68. The lowest BCUT2D eigenvalue weighted by atomic mass is 9.96. The number of rotatable bonds is 3. The highest BCUT2D eigenvalue weighted by Crippen LogP contribution is 2.23. The van der Waals surface area contributed by atoms with E-state index >= 15 is 0 Å². The zero-order chi connectivity index (χ0) is 12.1. The Morgan fingerprint density at radius 3 is 2.88 bits per heavy atom. The number of hydrogen-bond donors (Lipinski definition) is 1. The molecule has 17 heavy (non-hydrogen) atoms. The second-order valence-corrected chi connectivity index (χ2v) is 5.19. The Balaban J connectivity index is 1.88. The summed E-state index contributed by atoms with van der Waals surface area (Å²) in [6.45, 7) is 0.472. The molecule has 92 valence electrons. The lowest BCUT2D eigenvalue weighted by molar-refractivity contribution is 0.123. The number of benzene rings is 1. The van der Waals surface area contributed by atoms with Gasteiger partial charge in [-0.1, -0.05) is 51.4 Å². The van der Waals surface area contributed by atoms with Crippen molar-refractivity contribution < 1.29 is 9.94 Å². The van der Waals surface area contributed by atoms with Crippen LogP contribution < -0.4 is 0 Å². The molecule has 1 fully saturated rings. The molecule has 1 saturated carbocycles. The molecule has 1 aliphatic rings. The molecule has 0 unspecified atom stereocenters. The number of aliphatic hydroxyl groups excluding tert-OH is 1. The van der Waals surface area contributed by atoms with Crippen molar-refractivity contribution in [3.05, 3.63) is 35.9 Å². The highest BCUT2D eigenvalue weighted by Gasteiger charge is 2.26. The molecule has 0 bridgehead atoms. The van der Waals surface area contributed by atoms with Crippen molar-refractivity contribution in [1.29, 1.82) is 0 Å². The third kappa shape index (κ3) is 3.54. The minimum atomic E-state index is -0.345. The van der Waals surface area contributed by atoms with Crippen molar-refractivity contribution >= 4 is 21.6 Å². The van der Waals surface area contributed by atoms with Crippen LogP contribution in [0.5, 0.6) is 0 Å². The van der Waals surface area contributed by atoms with Crippen molar-refractivity contribution in [2.24, 2.45) is 5.16 Å². The van der Waals surface area contributed by atoms with E-state index in [0.29, 0.717) is 6.61 Å². The van der Waals surface area contributed by atoms with Crippen LogP contribution in [0.2, 0.25) is 0 Å². The standard InChI is InChI=1S/C13H16BrNO2/c14-13-11(7-4-8-12(13)16)15-17-9-10-5-2-1-3-6-10/h1-3,5-6,12-13,16H,4,7-9H2/b15-11+/t12-,13-/m1/s1. The zero-order valence-corrected chi connectivity index (χ0v) is 11.1. The van der Waals surface area contributed by atoms with E-state index in [2.05, 4.69) is 21.1 Å². The van der Waals surface area contributed by atoms with Crippen LogP contribution in [0.1, 0.15) is 24.8 Å². The summed E-state index contributed by atoms with van der Waals surface area (Å²) in [4.78, 5) is 5.26. The van der Waals surface area contributed by atoms with E-state index in [1.54, 1.807) is 0 Å². The van der Waals surface area contributed by atoms with E-state index in [0.717, 1.165) is 30.5 Å². The quantitative estimate of drug-likeness (QED) is 0.688. The molecule has 0 saturated heterocycles. The molecule has 1 aromatic carbocycles. The molecule has 1 aromatic rings. The van der Waals surface area contributed by atoms with Crippen LogP contribution >= 0.6 is 15.9 Å². The molecule has 4 heteroatoms. The monoisotopic (exact) mass is 297 g/mol. The predicted molar refractivity (Wildman–Crippen MR) is 71.2 cm³/mol. The Kier molecular flexibility index (Phi) is 4.57. The van der Waals surface area contributed by atoms with Crippen LogP contribution in [-0.2, 0) is 11.4 Å². The van der Waals surface area contributed by atoms with Gasteiger partial charge in [0.1, 0.15) is 6.61 Å². The number of halogens is 1. The van der Waals surface area contributed by atoms with Crippen LogP contribution in [0, 0.1) is 0 Å². The summed E-state index contributed by atoms with van der Waals surface area (Å²) < 4.78 is 0. The van der Waals surface area contributed by atoms with Gasteiger partial charge in [-0.3, -0.25) is 0 Å². The second-order valence-electron chi connectivity index (χ2n) is 4.20. The third-order valence-corrected chi connectivity index (χ3v) is 3.98. The fraction of sp³-hybridized carbons (Fsp3) is 0.462. The summed E-state index contributed by atoms with van der Waals surface area (Å²) in [6, 6.07) is 9.93. The Bertz CT molecular complexity index is 380. The largest absolute Gasteiger partial charge is 0.392 e. The lowest BCUT2D eigenvalue weighted by Crippen LogP contribution is -2.33. The van der Waals surface area contributed by atoms with Crippen LogP contribution in [0.15, 0.2) is 35.5 Å². The van der Waals surface area contributed by atoms with Crippen LogP contribution in [0.25, 0.3) is 0 Å². The number of aliphatic hydroxyl groups is 1. The summed E-state index contributed by atoms with van der Waals surface area (Å²) in [7, 11) is 0. The smallest absolute Gasteiger partial charge is 0.142 e. The fourth-order valence-corrected chi connectivity index (χ4v) is 2.44. The van der Waals surface area contributed by atoms with Gasteiger partial charge in [-0.2, -0.15) is 0 Å². The van der Waals surface area contributed by atoms with E-state index in [4.69, 9.17) is 4.84 Å². The third-order valence-electron chi connectivity index (χ3n) is 2.84. The first kappa shape index (κ1) is 12.6. The zero-order valence-electron chi connectivity index (χ0n) is 9.55. The van der Waals surface area contributed by atoms with Crippen LogP contribution in [-0.4, -0.2) is 21.7 Å². The molecule has 0 spiro atoms. The van der Waals surface area contributed by atoms with Gasteiger partial charge in [-0.05, 0) is 24.8 Å². The molecule has 2 atom stereocenters. The molecule has 3 nitrogen and oxygen atoms in total. The predicted octanol–water partition coefficient (Wildman–Crippen LogP) is 2.87. The van der Waals surface area contributed by atoms with Gasteiger partial charge < -0.3 is 9.94 Å². The molecule has 1 aliphatic carbocycles. The number of hydrogen-bond acceptors (Lipinski definition) is 3. The van der Waals surface area contributed by atoms with Gasteiger partial charge in [0, 0.05) is 0 Å². The fourth-order valence-electron chi connectivity index (χ4n) is 1.86. The number of nitrogens with zero attached hydrogens (tertiary/aromatic N) is 1. The molecule has 0 heterocycles. The van der Waals surface area contributed by atoms with Gasteiger partial charge in [0.25, 0.3) is 0 Å². The van der Waals surface area contributed by atoms with Gasteiger partial charge in [-0.25, -0.2) is 0 Å². The first-order valence-electron chi connectivity index (χ1n) is 5.82. The summed E-state index contributed by atoms with van der Waals surface area (Å²) in [5, 5.41) is 13.8. The van der Waals surface area contributed by atoms with E-state index in [1.165, 1.54) is 0 Å². The SMILES string of the molecule is O[C@@H]1CCC/C(=N\OCc2ccccc2)[C@H]1Br. The summed E-state index contributed by atoms with van der Waals surface area (Å²) in [5.41, 5.74) is 2.00. The molecule has 1 N–H and O–H groups in total. The summed E-state index contributed by atoms with van der Waals surface area (Å²) >= 11 is 3.45. The lowest BCUT2D eigenvalue weighted by Gasteiger charge is -2.23. The van der Waals surface area contributed by atoms with Crippen molar-refractivity contribution in [2.75, 3.05) is 0 Å². The van der Waals surface area contributed by atoms with Gasteiger partial charge in [-0.15, -0.1) is 0 Å². The topological polar surface area (TPSA) is 41.8 Å².